The van der Waals surface area contributed by atoms with Crippen molar-refractivity contribution in [3.8, 4) is 0 Å². The molecule has 0 amide bonds. The Morgan fingerprint density at radius 1 is 1.13 bits per heavy atom. The third kappa shape index (κ3) is 3.35. The van der Waals surface area contributed by atoms with E-state index in [-0.39, 0.29) is 11.7 Å². The van der Waals surface area contributed by atoms with Crippen LogP contribution in [-0.2, 0) is 24.1 Å². The number of nitrogens with one attached hydrogen (secondary N) is 1. The molecule has 3 aromatic rings. The first-order chi connectivity index (χ1) is 14.8. The fraction of sp³-hybridized carbons (Fsp3) is 0.478. The van der Waals surface area contributed by atoms with Crippen molar-refractivity contribution in [1.29, 1.82) is 0 Å². The van der Waals surface area contributed by atoms with Crippen molar-refractivity contribution in [3.05, 3.63) is 56.4 Å². The Hall–Kier alpha value is -2.22. The molecule has 2 aromatic heterocycles. The van der Waals surface area contributed by atoms with Gasteiger partial charge in [-0.1, -0.05) is 18.2 Å². The Balaban J connectivity index is 1.17. The molecule has 2 aliphatic heterocycles. The van der Waals surface area contributed by atoms with Gasteiger partial charge in [0, 0.05) is 42.3 Å². The predicted molar refractivity (Wildman–Crippen MR) is 120 cm³/mol. The van der Waals surface area contributed by atoms with E-state index in [0.717, 1.165) is 61.7 Å². The van der Waals surface area contributed by atoms with Crippen LogP contribution in [-0.4, -0.2) is 47.7 Å². The predicted octanol–water partition coefficient (Wildman–Crippen LogP) is 3.26. The topological polar surface area (TPSA) is 64.8 Å². The number of hydrogen-bond acceptors (Lipinski definition) is 6. The summed E-state index contributed by atoms with van der Waals surface area (Å²) in [6.07, 6.45) is 4.80. The van der Waals surface area contributed by atoms with Crippen molar-refractivity contribution in [2.24, 2.45) is 0 Å². The summed E-state index contributed by atoms with van der Waals surface area (Å²) in [6, 6.07) is 8.59. The molecule has 6 nitrogen and oxygen atoms in total. The van der Waals surface area contributed by atoms with Crippen LogP contribution in [0.2, 0.25) is 0 Å². The fourth-order valence-electron chi connectivity index (χ4n) is 4.92. The maximum atomic E-state index is 12.8. The van der Waals surface area contributed by atoms with Gasteiger partial charge in [0.2, 0.25) is 0 Å². The van der Waals surface area contributed by atoms with Crippen molar-refractivity contribution in [2.45, 2.75) is 38.3 Å². The minimum Gasteiger partial charge on any atom is -0.369 e. The van der Waals surface area contributed by atoms with Crippen LogP contribution < -0.4 is 10.5 Å². The quantitative estimate of drug-likeness (QED) is 0.654. The van der Waals surface area contributed by atoms with Gasteiger partial charge in [-0.15, -0.1) is 11.3 Å². The van der Waals surface area contributed by atoms with Crippen LogP contribution in [0.3, 0.4) is 0 Å². The minimum atomic E-state index is 0.0476. The number of para-hydroxylation sites is 1. The first kappa shape index (κ1) is 18.5. The number of aryl methyl sites for hydroxylation is 2. The highest BCUT2D eigenvalue weighted by atomic mass is 32.1. The zero-order valence-corrected chi connectivity index (χ0v) is 17.8. The molecule has 1 atom stereocenters. The molecule has 7 heteroatoms. The Bertz CT molecular complexity index is 1140. The average molecular weight is 423 g/mol. The molecule has 0 saturated carbocycles. The molecule has 156 valence electrons. The molecule has 0 bridgehead atoms. The average Bonchev–Trinajstić information content (AvgIpc) is 3.54. The van der Waals surface area contributed by atoms with Crippen LogP contribution in [0.1, 0.15) is 40.8 Å². The molecule has 0 radical (unpaired) electrons. The van der Waals surface area contributed by atoms with E-state index in [0.29, 0.717) is 6.54 Å². The van der Waals surface area contributed by atoms with Gasteiger partial charge in [-0.05, 0) is 37.3 Å². The zero-order valence-electron chi connectivity index (χ0n) is 17.0. The molecule has 2 fully saturated rings. The molecule has 1 N–H and O–H groups in total. The van der Waals surface area contributed by atoms with E-state index in [1.165, 1.54) is 34.5 Å². The third-order valence-electron chi connectivity index (χ3n) is 6.58. The number of aromatic nitrogens is 2. The van der Waals surface area contributed by atoms with Crippen molar-refractivity contribution in [1.82, 2.24) is 14.9 Å². The summed E-state index contributed by atoms with van der Waals surface area (Å²) in [6.45, 7) is 5.41. The lowest BCUT2D eigenvalue weighted by Gasteiger charge is -2.36. The SMILES string of the molecule is O=c1[nH]c(CN2CCN(c3ccccc3C3CO3)CC2)nc2sc3c(c12)CCCC3. The van der Waals surface area contributed by atoms with Crippen LogP contribution in [0.25, 0.3) is 10.2 Å². The van der Waals surface area contributed by atoms with Gasteiger partial charge in [-0.25, -0.2) is 4.98 Å². The van der Waals surface area contributed by atoms with Crippen molar-refractivity contribution >= 4 is 27.2 Å². The summed E-state index contributed by atoms with van der Waals surface area (Å²) >= 11 is 1.73. The minimum absolute atomic E-state index is 0.0476. The summed E-state index contributed by atoms with van der Waals surface area (Å²) in [7, 11) is 0. The van der Waals surface area contributed by atoms with Gasteiger partial charge < -0.3 is 14.6 Å². The number of rotatable bonds is 4. The molecule has 1 aromatic carbocycles. The van der Waals surface area contributed by atoms with Crippen molar-refractivity contribution in [2.75, 3.05) is 37.7 Å². The summed E-state index contributed by atoms with van der Waals surface area (Å²) in [5.74, 6) is 0.798. The van der Waals surface area contributed by atoms with Gasteiger partial charge >= 0.3 is 0 Å². The van der Waals surface area contributed by atoms with Crippen LogP contribution in [0.15, 0.2) is 29.1 Å². The smallest absolute Gasteiger partial charge is 0.259 e. The second-order valence-corrected chi connectivity index (χ2v) is 9.63. The first-order valence-electron chi connectivity index (χ1n) is 11.0. The second kappa shape index (κ2) is 7.48. The zero-order chi connectivity index (χ0) is 20.1. The molecule has 0 spiro atoms. The number of hydrogen-bond donors (Lipinski definition) is 1. The molecular formula is C23H26N4O2S. The standard InChI is InChI=1S/C23H26N4O2S/c28-22-21-16-6-2-4-8-19(16)30-23(21)25-20(24-22)13-26-9-11-27(12-10-26)17-7-3-1-5-15(17)18-14-29-18/h1,3,5,7,18H,2,4,6,8-14H2,(H,24,25,28). The number of aromatic amines is 1. The highest BCUT2D eigenvalue weighted by Crippen LogP contribution is 2.37. The monoisotopic (exact) mass is 422 g/mol. The molecule has 1 unspecified atom stereocenters. The van der Waals surface area contributed by atoms with E-state index < -0.39 is 0 Å². The summed E-state index contributed by atoms with van der Waals surface area (Å²) < 4.78 is 5.52. The summed E-state index contributed by atoms with van der Waals surface area (Å²) in [5.41, 5.74) is 3.92. The number of H-pyrrole nitrogens is 1. The Morgan fingerprint density at radius 2 is 1.93 bits per heavy atom. The van der Waals surface area contributed by atoms with E-state index in [2.05, 4.69) is 39.0 Å². The number of piperazine rings is 1. The van der Waals surface area contributed by atoms with Gasteiger partial charge in [0.1, 0.15) is 16.8 Å². The van der Waals surface area contributed by atoms with Gasteiger partial charge in [-0.2, -0.15) is 0 Å². The fourth-order valence-corrected chi connectivity index (χ4v) is 6.20. The Kier molecular flexibility index (Phi) is 4.62. The molecule has 3 aliphatic rings. The van der Waals surface area contributed by atoms with E-state index in [4.69, 9.17) is 9.72 Å². The summed E-state index contributed by atoms with van der Waals surface area (Å²) in [4.78, 5) is 27.9. The highest BCUT2D eigenvalue weighted by molar-refractivity contribution is 7.18. The number of anilines is 1. The van der Waals surface area contributed by atoms with E-state index >= 15 is 0 Å². The van der Waals surface area contributed by atoms with Crippen LogP contribution in [0.5, 0.6) is 0 Å². The molecule has 1 aliphatic carbocycles. The number of thiophene rings is 1. The van der Waals surface area contributed by atoms with Crippen molar-refractivity contribution in [3.63, 3.8) is 0 Å². The van der Waals surface area contributed by atoms with E-state index in [9.17, 15) is 4.79 Å². The van der Waals surface area contributed by atoms with Crippen molar-refractivity contribution < 1.29 is 4.74 Å². The number of ether oxygens (including phenoxy) is 1. The summed E-state index contributed by atoms with van der Waals surface area (Å²) in [5, 5.41) is 0.849. The lowest BCUT2D eigenvalue weighted by molar-refractivity contribution is 0.244. The van der Waals surface area contributed by atoms with Crippen LogP contribution in [0.4, 0.5) is 5.69 Å². The lowest BCUT2D eigenvalue weighted by Crippen LogP contribution is -2.46. The molecule has 6 rings (SSSR count). The molecular weight excluding hydrogens is 396 g/mol. The molecule has 4 heterocycles. The largest absolute Gasteiger partial charge is 0.369 e. The third-order valence-corrected chi connectivity index (χ3v) is 7.76. The lowest BCUT2D eigenvalue weighted by atomic mass is 9.97. The van der Waals surface area contributed by atoms with Gasteiger partial charge in [-0.3, -0.25) is 9.69 Å². The Labute approximate surface area is 179 Å². The van der Waals surface area contributed by atoms with Gasteiger partial charge in [0.15, 0.2) is 0 Å². The number of fused-ring (bicyclic) bond motifs is 3. The highest BCUT2D eigenvalue weighted by Gasteiger charge is 2.30. The molecule has 2 saturated heterocycles. The first-order valence-corrected chi connectivity index (χ1v) is 11.8. The maximum Gasteiger partial charge on any atom is 0.259 e. The van der Waals surface area contributed by atoms with Crippen LogP contribution in [0, 0.1) is 0 Å². The van der Waals surface area contributed by atoms with Gasteiger partial charge in [0.25, 0.3) is 5.56 Å². The van der Waals surface area contributed by atoms with Gasteiger partial charge in [0.05, 0.1) is 18.5 Å². The molecule has 30 heavy (non-hydrogen) atoms. The number of nitrogens with zero attached hydrogens (tertiary/aromatic N) is 3. The Morgan fingerprint density at radius 3 is 2.77 bits per heavy atom. The maximum absolute atomic E-state index is 12.8. The van der Waals surface area contributed by atoms with E-state index in [1.807, 2.05) is 0 Å². The van der Waals surface area contributed by atoms with E-state index in [1.54, 1.807) is 11.3 Å². The number of epoxide rings is 1. The van der Waals surface area contributed by atoms with Crippen LogP contribution >= 0.6 is 11.3 Å². The number of benzene rings is 1. The normalized spacial score (nSPS) is 21.7. The second-order valence-electron chi connectivity index (χ2n) is 8.55.